The Morgan fingerprint density at radius 1 is 1.11 bits per heavy atom. The van der Waals surface area contributed by atoms with Crippen LogP contribution in [0.4, 0.5) is 14.5 Å². The van der Waals surface area contributed by atoms with Gasteiger partial charge in [-0.15, -0.1) is 0 Å². The summed E-state index contributed by atoms with van der Waals surface area (Å²) < 4.78 is 53.1. The highest BCUT2D eigenvalue weighted by Gasteiger charge is 2.31. The summed E-state index contributed by atoms with van der Waals surface area (Å²) in [5.74, 6) is -1.13. The van der Waals surface area contributed by atoms with Gasteiger partial charge < -0.3 is 10.2 Å². The minimum Gasteiger partial charge on any atom is -0.325 e. The summed E-state index contributed by atoms with van der Waals surface area (Å²) in [4.78, 5) is 13.2. The third-order valence-corrected chi connectivity index (χ3v) is 6.66. The first kappa shape index (κ1) is 20.4. The van der Waals surface area contributed by atoms with E-state index >= 15 is 0 Å². The molecule has 6 nitrogen and oxygen atoms in total. The molecule has 1 amide bonds. The molecule has 28 heavy (non-hydrogen) atoms. The normalized spacial score (nSPS) is 16.1. The van der Waals surface area contributed by atoms with Crippen LogP contribution in [0.3, 0.4) is 0 Å². The average molecular weight is 410 g/mol. The molecule has 0 radical (unpaired) electrons. The fourth-order valence-electron chi connectivity index (χ4n) is 3.08. The minimum absolute atomic E-state index is 0.0523. The van der Waals surface area contributed by atoms with Gasteiger partial charge in [0.2, 0.25) is 10.0 Å². The largest absolute Gasteiger partial charge is 0.325 e. The van der Waals surface area contributed by atoms with Crippen LogP contribution < -0.4 is 10.2 Å². The zero-order valence-electron chi connectivity index (χ0n) is 15.4. The highest BCUT2D eigenvalue weighted by Crippen LogP contribution is 2.16. The van der Waals surface area contributed by atoms with E-state index in [2.05, 4.69) is 5.32 Å². The Kier molecular flexibility index (Phi) is 6.07. The molecule has 9 heteroatoms. The van der Waals surface area contributed by atoms with Crippen molar-refractivity contribution in [2.24, 2.45) is 0 Å². The van der Waals surface area contributed by atoms with Crippen LogP contribution in [0.1, 0.15) is 5.56 Å². The van der Waals surface area contributed by atoms with E-state index in [-0.39, 0.29) is 36.3 Å². The van der Waals surface area contributed by atoms with Crippen molar-refractivity contribution >= 4 is 21.6 Å². The number of amides is 1. The number of quaternary nitrogens is 1. The van der Waals surface area contributed by atoms with Crippen LogP contribution in [0.5, 0.6) is 0 Å². The number of halogens is 2. The SMILES string of the molecule is Cc1ccc(NC(=O)C[NH+]2CCN(S(=O)(=O)c3ccc(F)cc3)CC2)cc1F. The number of anilines is 1. The number of piperazine rings is 1. The van der Waals surface area contributed by atoms with Crippen LogP contribution >= 0.6 is 0 Å². The van der Waals surface area contributed by atoms with Gasteiger partial charge in [-0.25, -0.2) is 17.2 Å². The number of carbonyl (C=O) groups excluding carboxylic acids is 1. The second-order valence-electron chi connectivity index (χ2n) is 6.80. The van der Waals surface area contributed by atoms with Gasteiger partial charge in [0, 0.05) is 5.69 Å². The topological polar surface area (TPSA) is 70.9 Å². The molecule has 0 aliphatic carbocycles. The lowest BCUT2D eigenvalue weighted by molar-refractivity contribution is -0.895. The van der Waals surface area contributed by atoms with Gasteiger partial charge in [0.05, 0.1) is 31.1 Å². The smallest absolute Gasteiger partial charge is 0.279 e. The second kappa shape index (κ2) is 8.34. The molecule has 150 valence electrons. The molecule has 0 bridgehead atoms. The van der Waals surface area contributed by atoms with Gasteiger partial charge in [-0.1, -0.05) is 6.07 Å². The van der Waals surface area contributed by atoms with Crippen molar-refractivity contribution in [1.82, 2.24) is 4.31 Å². The Balaban J connectivity index is 1.54. The Labute approximate surface area is 162 Å². The first-order valence-corrected chi connectivity index (χ1v) is 10.3. The van der Waals surface area contributed by atoms with Gasteiger partial charge in [-0.2, -0.15) is 4.31 Å². The van der Waals surface area contributed by atoms with Crippen molar-refractivity contribution in [3.8, 4) is 0 Å². The van der Waals surface area contributed by atoms with Crippen molar-refractivity contribution < 1.29 is 26.9 Å². The number of hydrogen-bond donors (Lipinski definition) is 2. The molecule has 1 saturated heterocycles. The fraction of sp³-hybridized carbons (Fsp3) is 0.316. The molecule has 0 saturated carbocycles. The van der Waals surface area contributed by atoms with Gasteiger partial charge >= 0.3 is 0 Å². The zero-order valence-corrected chi connectivity index (χ0v) is 16.2. The van der Waals surface area contributed by atoms with Crippen molar-refractivity contribution in [2.75, 3.05) is 38.0 Å². The van der Waals surface area contributed by atoms with E-state index in [9.17, 15) is 22.0 Å². The Morgan fingerprint density at radius 2 is 1.75 bits per heavy atom. The van der Waals surface area contributed by atoms with Crippen LogP contribution in [-0.2, 0) is 14.8 Å². The van der Waals surface area contributed by atoms with Crippen LogP contribution in [0.25, 0.3) is 0 Å². The van der Waals surface area contributed by atoms with Crippen LogP contribution in [0.2, 0.25) is 0 Å². The monoisotopic (exact) mass is 410 g/mol. The Morgan fingerprint density at radius 3 is 2.36 bits per heavy atom. The summed E-state index contributed by atoms with van der Waals surface area (Å²) in [7, 11) is -3.68. The van der Waals surface area contributed by atoms with Crippen molar-refractivity contribution in [1.29, 1.82) is 0 Å². The lowest BCUT2D eigenvalue weighted by Gasteiger charge is -2.31. The number of nitrogens with zero attached hydrogens (tertiary/aromatic N) is 1. The third-order valence-electron chi connectivity index (χ3n) is 4.75. The minimum atomic E-state index is -3.68. The molecule has 0 spiro atoms. The molecule has 1 aliphatic heterocycles. The molecule has 1 fully saturated rings. The lowest BCUT2D eigenvalue weighted by atomic mass is 10.2. The van der Waals surface area contributed by atoms with E-state index in [0.29, 0.717) is 24.3 Å². The number of benzene rings is 2. The van der Waals surface area contributed by atoms with E-state index < -0.39 is 15.8 Å². The maximum Gasteiger partial charge on any atom is 0.279 e. The van der Waals surface area contributed by atoms with Gasteiger partial charge in [0.1, 0.15) is 11.6 Å². The number of hydrogen-bond acceptors (Lipinski definition) is 3. The highest BCUT2D eigenvalue weighted by atomic mass is 32.2. The molecule has 3 rings (SSSR count). The van der Waals surface area contributed by atoms with E-state index in [1.807, 2.05) is 0 Å². The Hall–Kier alpha value is -2.36. The van der Waals surface area contributed by atoms with Crippen LogP contribution in [-0.4, -0.2) is 51.4 Å². The van der Waals surface area contributed by atoms with Crippen molar-refractivity contribution in [3.05, 3.63) is 59.7 Å². The first-order valence-electron chi connectivity index (χ1n) is 8.91. The van der Waals surface area contributed by atoms with E-state index in [0.717, 1.165) is 17.0 Å². The summed E-state index contributed by atoms with van der Waals surface area (Å²) in [5, 5.41) is 2.66. The zero-order chi connectivity index (χ0) is 20.3. The van der Waals surface area contributed by atoms with Crippen LogP contribution in [0, 0.1) is 18.6 Å². The number of nitrogens with one attached hydrogen (secondary N) is 2. The fourth-order valence-corrected chi connectivity index (χ4v) is 4.52. The van der Waals surface area contributed by atoms with Gasteiger partial charge in [0.25, 0.3) is 5.91 Å². The molecule has 2 N–H and O–H groups in total. The molecule has 2 aromatic carbocycles. The van der Waals surface area contributed by atoms with Gasteiger partial charge in [-0.05, 0) is 48.9 Å². The second-order valence-corrected chi connectivity index (χ2v) is 8.73. The van der Waals surface area contributed by atoms with Crippen molar-refractivity contribution in [2.45, 2.75) is 11.8 Å². The summed E-state index contributed by atoms with van der Waals surface area (Å²) >= 11 is 0. The Bertz CT molecular complexity index is 957. The molecular formula is C19H22F2N3O3S+. The van der Waals surface area contributed by atoms with E-state index in [4.69, 9.17) is 0 Å². The summed E-state index contributed by atoms with van der Waals surface area (Å²) in [6, 6.07) is 9.24. The number of aryl methyl sites for hydroxylation is 1. The maximum absolute atomic E-state index is 13.6. The molecule has 2 aromatic rings. The van der Waals surface area contributed by atoms with Gasteiger partial charge in [0.15, 0.2) is 6.54 Å². The third kappa shape index (κ3) is 4.73. The molecule has 1 heterocycles. The molecular weight excluding hydrogens is 388 g/mol. The number of rotatable bonds is 5. The summed E-state index contributed by atoms with van der Waals surface area (Å²) in [6.45, 7) is 3.28. The summed E-state index contributed by atoms with van der Waals surface area (Å²) in [6.07, 6.45) is 0. The molecule has 0 aromatic heterocycles. The predicted molar refractivity (Wildman–Crippen MR) is 100 cm³/mol. The quantitative estimate of drug-likeness (QED) is 0.766. The maximum atomic E-state index is 13.6. The highest BCUT2D eigenvalue weighted by molar-refractivity contribution is 7.89. The molecule has 0 unspecified atom stereocenters. The standard InChI is InChI=1S/C19H21F2N3O3S/c1-14-2-5-16(12-18(14)21)22-19(25)13-23-8-10-24(11-9-23)28(26,27)17-6-3-15(20)4-7-17/h2-7,12H,8-11,13H2,1H3,(H,22,25)/p+1. The molecule has 0 atom stereocenters. The lowest BCUT2D eigenvalue weighted by Crippen LogP contribution is -3.15. The average Bonchev–Trinajstić information content (AvgIpc) is 2.65. The van der Waals surface area contributed by atoms with E-state index in [1.54, 1.807) is 19.1 Å². The molecule has 1 aliphatic rings. The predicted octanol–water partition coefficient (Wildman–Crippen LogP) is 0.801. The van der Waals surface area contributed by atoms with Gasteiger partial charge in [-0.3, -0.25) is 4.79 Å². The number of sulfonamides is 1. The van der Waals surface area contributed by atoms with Crippen LogP contribution in [0.15, 0.2) is 47.4 Å². The number of carbonyl (C=O) groups is 1. The first-order chi connectivity index (χ1) is 13.3. The van der Waals surface area contributed by atoms with E-state index in [1.165, 1.54) is 22.5 Å². The summed E-state index contributed by atoms with van der Waals surface area (Å²) in [5.41, 5.74) is 0.895. The van der Waals surface area contributed by atoms with Crippen molar-refractivity contribution in [3.63, 3.8) is 0 Å².